The van der Waals surface area contributed by atoms with Crippen molar-refractivity contribution >= 4 is 52.1 Å². The van der Waals surface area contributed by atoms with Crippen molar-refractivity contribution in [1.29, 1.82) is 0 Å². The number of ether oxygens (including phenoxy) is 1. The van der Waals surface area contributed by atoms with Crippen LogP contribution in [0.4, 0.5) is 11.4 Å². The molecule has 0 heterocycles. The summed E-state index contributed by atoms with van der Waals surface area (Å²) in [6.07, 6.45) is 0. The molecule has 3 N–H and O–H groups in total. The van der Waals surface area contributed by atoms with Gasteiger partial charge in [-0.05, 0) is 48.6 Å². The minimum absolute atomic E-state index is 0.0442. The maximum absolute atomic E-state index is 12.6. The average molecular weight is 440 g/mol. The van der Waals surface area contributed by atoms with Gasteiger partial charge in [0.25, 0.3) is 11.8 Å². The zero-order chi connectivity index (χ0) is 21.3. The second-order valence-electron chi connectivity index (χ2n) is 6.09. The number of hydrogen-bond donors (Lipinski definition) is 3. The summed E-state index contributed by atoms with van der Waals surface area (Å²) in [5.41, 5.74) is 1.51. The van der Waals surface area contributed by atoms with E-state index in [1.807, 2.05) is 18.2 Å². The van der Waals surface area contributed by atoms with Crippen LogP contribution in [-0.4, -0.2) is 23.5 Å². The molecule has 0 aliphatic carbocycles. The van der Waals surface area contributed by atoms with Crippen LogP contribution in [0.15, 0.2) is 78.9 Å². The molecule has 6 nitrogen and oxygen atoms in total. The molecule has 30 heavy (non-hydrogen) atoms. The molecule has 3 aromatic carbocycles. The van der Waals surface area contributed by atoms with Gasteiger partial charge in [0.2, 0.25) is 0 Å². The molecule has 152 valence electrons. The first-order valence-corrected chi connectivity index (χ1v) is 9.75. The Labute approximate surface area is 184 Å². The van der Waals surface area contributed by atoms with E-state index in [0.717, 1.165) is 0 Å². The molecule has 0 spiro atoms. The number of halogens is 1. The van der Waals surface area contributed by atoms with Gasteiger partial charge in [-0.3, -0.25) is 14.9 Å². The number of anilines is 2. The second kappa shape index (κ2) is 10.4. The Morgan fingerprint density at radius 3 is 2.30 bits per heavy atom. The number of amides is 2. The van der Waals surface area contributed by atoms with Crippen molar-refractivity contribution in [3.63, 3.8) is 0 Å². The van der Waals surface area contributed by atoms with E-state index in [-0.39, 0.29) is 17.6 Å². The molecule has 0 aliphatic heterocycles. The number of carbonyl (C=O) groups excluding carboxylic acids is 2. The maximum atomic E-state index is 12.6. The van der Waals surface area contributed by atoms with Crippen LogP contribution in [0.1, 0.15) is 10.4 Å². The van der Waals surface area contributed by atoms with Crippen LogP contribution in [0, 0.1) is 0 Å². The van der Waals surface area contributed by atoms with Gasteiger partial charge in [0, 0.05) is 5.69 Å². The molecular formula is C22H18ClN3O3S. The molecule has 8 heteroatoms. The number of nitrogens with one attached hydrogen (secondary N) is 3. The third kappa shape index (κ3) is 6.04. The van der Waals surface area contributed by atoms with Crippen LogP contribution < -0.4 is 20.7 Å². The third-order valence-corrected chi connectivity index (χ3v) is 4.42. The maximum Gasteiger partial charge on any atom is 0.264 e. The zero-order valence-corrected chi connectivity index (χ0v) is 17.3. The Hall–Kier alpha value is -3.42. The normalized spacial score (nSPS) is 10.0. The van der Waals surface area contributed by atoms with Crippen molar-refractivity contribution in [2.75, 3.05) is 17.2 Å². The number of rotatable bonds is 6. The smallest absolute Gasteiger partial charge is 0.264 e. The Morgan fingerprint density at radius 2 is 1.53 bits per heavy atom. The van der Waals surface area contributed by atoms with E-state index < -0.39 is 5.91 Å². The second-order valence-corrected chi connectivity index (χ2v) is 6.90. The molecule has 3 aromatic rings. The van der Waals surface area contributed by atoms with Crippen LogP contribution in [-0.2, 0) is 4.79 Å². The van der Waals surface area contributed by atoms with Gasteiger partial charge in [-0.25, -0.2) is 0 Å². The van der Waals surface area contributed by atoms with Gasteiger partial charge in [-0.2, -0.15) is 0 Å². The van der Waals surface area contributed by atoms with E-state index in [0.29, 0.717) is 27.7 Å². The quantitative estimate of drug-likeness (QED) is 0.493. The van der Waals surface area contributed by atoms with E-state index in [1.165, 1.54) is 0 Å². The summed E-state index contributed by atoms with van der Waals surface area (Å²) in [6.45, 7) is -0.262. The van der Waals surface area contributed by atoms with Gasteiger partial charge in [0.15, 0.2) is 11.7 Å². The highest BCUT2D eigenvalue weighted by Crippen LogP contribution is 2.22. The number of hydrogen-bond acceptors (Lipinski definition) is 4. The topological polar surface area (TPSA) is 79.5 Å². The molecule has 0 atom stereocenters. The van der Waals surface area contributed by atoms with E-state index in [9.17, 15) is 9.59 Å². The predicted molar refractivity (Wildman–Crippen MR) is 122 cm³/mol. The number of thiocarbonyl (C=S) groups is 1. The molecule has 0 unspecified atom stereocenters. The summed E-state index contributed by atoms with van der Waals surface area (Å²) in [6, 6.07) is 22.8. The zero-order valence-electron chi connectivity index (χ0n) is 15.7. The van der Waals surface area contributed by atoms with Crippen molar-refractivity contribution in [3.8, 4) is 5.75 Å². The van der Waals surface area contributed by atoms with Crippen LogP contribution >= 0.6 is 23.8 Å². The fourth-order valence-electron chi connectivity index (χ4n) is 2.53. The summed E-state index contributed by atoms with van der Waals surface area (Å²) in [5, 5.41) is 8.66. The van der Waals surface area contributed by atoms with Gasteiger partial charge >= 0.3 is 0 Å². The first-order chi connectivity index (χ1) is 14.5. The molecule has 0 aromatic heterocycles. The summed E-state index contributed by atoms with van der Waals surface area (Å²) >= 11 is 11.2. The Morgan fingerprint density at radius 1 is 0.867 bits per heavy atom. The highest BCUT2D eigenvalue weighted by Gasteiger charge is 2.13. The first kappa shape index (κ1) is 21.3. The fraction of sp³-hybridized carbons (Fsp3) is 0.0455. The number of para-hydroxylation sites is 3. The molecule has 3 rings (SSSR count). The minimum Gasteiger partial charge on any atom is -0.482 e. The number of benzene rings is 3. The first-order valence-electron chi connectivity index (χ1n) is 8.96. The average Bonchev–Trinajstić information content (AvgIpc) is 2.74. The fourth-order valence-corrected chi connectivity index (χ4v) is 2.95. The lowest BCUT2D eigenvalue weighted by Crippen LogP contribution is -2.37. The van der Waals surface area contributed by atoms with Crippen LogP contribution in [0.3, 0.4) is 0 Å². The van der Waals surface area contributed by atoms with Crippen molar-refractivity contribution in [2.45, 2.75) is 0 Å². The largest absolute Gasteiger partial charge is 0.482 e. The van der Waals surface area contributed by atoms with E-state index in [1.54, 1.807) is 60.7 Å². The monoisotopic (exact) mass is 439 g/mol. The molecule has 0 bridgehead atoms. The Bertz CT molecular complexity index is 1060. The molecule has 0 saturated carbocycles. The summed E-state index contributed by atoms with van der Waals surface area (Å²) < 4.78 is 5.38. The lowest BCUT2D eigenvalue weighted by Gasteiger charge is -2.14. The predicted octanol–water partition coefficient (Wildman–Crippen LogP) is 4.48. The highest BCUT2D eigenvalue weighted by atomic mass is 35.5. The minimum atomic E-state index is -0.460. The van der Waals surface area contributed by atoms with Crippen molar-refractivity contribution in [3.05, 3.63) is 89.4 Å². The Kier molecular flexibility index (Phi) is 7.37. The molecule has 2 amide bonds. The molecule has 0 saturated heterocycles. The SMILES string of the molecule is O=C(COc1ccccc1Cl)NC(=S)Nc1ccccc1C(=O)Nc1ccccc1. The molecule has 0 aliphatic rings. The summed E-state index contributed by atoms with van der Waals surface area (Å²) in [4.78, 5) is 24.7. The third-order valence-electron chi connectivity index (χ3n) is 3.90. The van der Waals surface area contributed by atoms with Crippen molar-refractivity contribution in [1.82, 2.24) is 5.32 Å². The van der Waals surface area contributed by atoms with Crippen molar-refractivity contribution < 1.29 is 14.3 Å². The Balaban J connectivity index is 1.58. The van der Waals surface area contributed by atoms with Crippen LogP contribution in [0.2, 0.25) is 5.02 Å². The molecular weight excluding hydrogens is 422 g/mol. The van der Waals surface area contributed by atoms with Gasteiger partial charge in [-0.15, -0.1) is 0 Å². The lowest BCUT2D eigenvalue weighted by molar-refractivity contribution is -0.121. The standard InChI is InChI=1S/C22H18ClN3O3S/c23-17-11-5-7-13-19(17)29-14-20(27)26-22(30)25-18-12-6-4-10-16(18)21(28)24-15-8-2-1-3-9-15/h1-13H,14H2,(H,24,28)(H2,25,26,27,30). The lowest BCUT2D eigenvalue weighted by atomic mass is 10.1. The van der Waals surface area contributed by atoms with Crippen LogP contribution in [0.25, 0.3) is 0 Å². The van der Waals surface area contributed by atoms with Gasteiger partial charge in [0.1, 0.15) is 5.75 Å². The molecule has 0 radical (unpaired) electrons. The van der Waals surface area contributed by atoms with E-state index >= 15 is 0 Å². The summed E-state index contributed by atoms with van der Waals surface area (Å²) in [5.74, 6) is -0.366. The van der Waals surface area contributed by atoms with E-state index in [2.05, 4.69) is 16.0 Å². The van der Waals surface area contributed by atoms with Gasteiger partial charge in [-0.1, -0.05) is 54.1 Å². The number of carbonyl (C=O) groups is 2. The molecule has 0 fully saturated rings. The van der Waals surface area contributed by atoms with Crippen LogP contribution in [0.5, 0.6) is 5.75 Å². The van der Waals surface area contributed by atoms with Gasteiger partial charge < -0.3 is 15.4 Å². The van der Waals surface area contributed by atoms with Crippen molar-refractivity contribution in [2.24, 2.45) is 0 Å². The highest BCUT2D eigenvalue weighted by molar-refractivity contribution is 7.80. The van der Waals surface area contributed by atoms with Gasteiger partial charge in [0.05, 0.1) is 16.3 Å². The van der Waals surface area contributed by atoms with E-state index in [4.69, 9.17) is 28.6 Å². The summed E-state index contributed by atoms with van der Waals surface area (Å²) in [7, 11) is 0.